The van der Waals surface area contributed by atoms with E-state index in [1.165, 1.54) is 16.3 Å². The minimum absolute atomic E-state index is 0.188. The molecule has 0 bridgehead atoms. The molecule has 5 nitrogen and oxygen atoms in total. The molecule has 6 heteroatoms. The Kier molecular flexibility index (Phi) is 3.53. The Morgan fingerprint density at radius 3 is 2.88 bits per heavy atom. The lowest BCUT2D eigenvalue weighted by molar-refractivity contribution is 0.765. The predicted molar refractivity (Wildman–Crippen MR) is 69.1 cm³/mol. The second-order valence-electron chi connectivity index (χ2n) is 3.67. The van der Waals surface area contributed by atoms with Gasteiger partial charge in [0.25, 0.3) is 0 Å². The molecule has 2 aromatic rings. The van der Waals surface area contributed by atoms with Crippen LogP contribution in [0.1, 0.15) is 5.56 Å². The van der Waals surface area contributed by atoms with Crippen molar-refractivity contribution < 1.29 is 0 Å². The summed E-state index contributed by atoms with van der Waals surface area (Å²) in [6.45, 7) is 0. The van der Waals surface area contributed by atoms with Crippen molar-refractivity contribution in [2.45, 2.75) is 11.6 Å². The molecule has 0 radical (unpaired) electrons. The van der Waals surface area contributed by atoms with Gasteiger partial charge in [-0.15, -0.1) is 5.10 Å². The summed E-state index contributed by atoms with van der Waals surface area (Å²) in [6.07, 6.45) is 0.860. The van der Waals surface area contributed by atoms with Crippen molar-refractivity contribution in [1.29, 1.82) is 0 Å². The fraction of sp³-hybridized carbons (Fsp3) is 0.273. The van der Waals surface area contributed by atoms with Gasteiger partial charge in [0.05, 0.1) is 0 Å². The lowest BCUT2D eigenvalue weighted by Gasteiger charge is -2.04. The number of nitrogens with zero attached hydrogens (tertiary/aromatic N) is 2. The van der Waals surface area contributed by atoms with E-state index < -0.39 is 0 Å². The highest BCUT2D eigenvalue weighted by atomic mass is 32.2. The topological polar surface area (TPSA) is 76.7 Å². The van der Waals surface area contributed by atoms with Gasteiger partial charge in [0.2, 0.25) is 0 Å². The van der Waals surface area contributed by atoms with E-state index in [0.29, 0.717) is 5.16 Å². The lowest BCUT2D eigenvalue weighted by atomic mass is 10.1. The molecule has 17 heavy (non-hydrogen) atoms. The van der Waals surface area contributed by atoms with Gasteiger partial charge in [-0.05, 0) is 18.1 Å². The molecular formula is C11H14N4OS. The molecule has 1 heterocycles. The molecule has 0 aliphatic carbocycles. The summed E-state index contributed by atoms with van der Waals surface area (Å²) in [5.74, 6) is 0.840. The van der Waals surface area contributed by atoms with Crippen LogP contribution in [0.15, 0.2) is 34.2 Å². The van der Waals surface area contributed by atoms with Gasteiger partial charge in [-0.2, -0.15) is 0 Å². The number of aromatic nitrogens is 3. The monoisotopic (exact) mass is 250 g/mol. The first-order valence-corrected chi connectivity index (χ1v) is 6.24. The first-order valence-electron chi connectivity index (χ1n) is 5.26. The van der Waals surface area contributed by atoms with E-state index >= 15 is 0 Å². The fourth-order valence-electron chi connectivity index (χ4n) is 1.48. The number of hydrogen-bond donors (Lipinski definition) is 2. The number of thioether (sulfide) groups is 1. The van der Waals surface area contributed by atoms with Crippen molar-refractivity contribution in [3.8, 4) is 0 Å². The molecule has 0 spiro atoms. The SMILES string of the molecule is Cn1c(SCCc2ccccc2N)n[nH]c1=O. The molecule has 0 aliphatic heterocycles. The summed E-state index contributed by atoms with van der Waals surface area (Å²) in [5.41, 5.74) is 7.59. The maximum absolute atomic E-state index is 11.1. The molecule has 0 amide bonds. The highest BCUT2D eigenvalue weighted by Crippen LogP contribution is 2.17. The van der Waals surface area contributed by atoms with Gasteiger partial charge in [-0.25, -0.2) is 9.89 Å². The van der Waals surface area contributed by atoms with E-state index in [0.717, 1.165) is 23.4 Å². The Balaban J connectivity index is 1.94. The zero-order chi connectivity index (χ0) is 12.3. The average Bonchev–Trinajstić information content (AvgIpc) is 2.63. The Bertz CT molecular complexity index is 561. The summed E-state index contributed by atoms with van der Waals surface area (Å²) < 4.78 is 1.50. The second kappa shape index (κ2) is 5.09. The van der Waals surface area contributed by atoms with Crippen LogP contribution in [0.3, 0.4) is 0 Å². The van der Waals surface area contributed by atoms with Crippen LogP contribution in [-0.2, 0) is 13.5 Å². The number of rotatable bonds is 4. The Labute approximate surface area is 103 Å². The third-order valence-electron chi connectivity index (χ3n) is 2.50. The molecule has 0 fully saturated rings. The number of hydrogen-bond acceptors (Lipinski definition) is 4. The molecule has 0 aliphatic rings. The van der Waals surface area contributed by atoms with E-state index in [1.54, 1.807) is 7.05 Å². The van der Waals surface area contributed by atoms with Crippen LogP contribution in [0.25, 0.3) is 0 Å². The minimum atomic E-state index is -0.188. The first-order chi connectivity index (χ1) is 8.18. The highest BCUT2D eigenvalue weighted by Gasteiger charge is 2.05. The van der Waals surface area contributed by atoms with Crippen LogP contribution < -0.4 is 11.4 Å². The van der Waals surface area contributed by atoms with Crippen molar-refractivity contribution >= 4 is 17.4 Å². The van der Waals surface area contributed by atoms with Crippen molar-refractivity contribution in [3.63, 3.8) is 0 Å². The summed E-state index contributed by atoms with van der Waals surface area (Å²) in [6, 6.07) is 7.80. The molecular weight excluding hydrogens is 236 g/mol. The van der Waals surface area contributed by atoms with Gasteiger partial charge in [-0.1, -0.05) is 30.0 Å². The number of anilines is 1. The van der Waals surface area contributed by atoms with Gasteiger partial charge in [-0.3, -0.25) is 4.57 Å². The molecule has 0 saturated heterocycles. The zero-order valence-corrected chi connectivity index (χ0v) is 10.3. The molecule has 1 aromatic heterocycles. The first kappa shape index (κ1) is 11.8. The number of benzene rings is 1. The Morgan fingerprint density at radius 2 is 2.24 bits per heavy atom. The van der Waals surface area contributed by atoms with E-state index in [1.807, 2.05) is 24.3 Å². The van der Waals surface area contributed by atoms with Crippen LogP contribution in [-0.4, -0.2) is 20.5 Å². The second-order valence-corrected chi connectivity index (χ2v) is 4.73. The van der Waals surface area contributed by atoms with Crippen molar-refractivity contribution in [3.05, 3.63) is 40.3 Å². The zero-order valence-electron chi connectivity index (χ0n) is 9.51. The summed E-state index contributed by atoms with van der Waals surface area (Å²) in [7, 11) is 1.70. The highest BCUT2D eigenvalue weighted by molar-refractivity contribution is 7.99. The number of aromatic amines is 1. The molecule has 3 N–H and O–H groups in total. The number of H-pyrrole nitrogens is 1. The van der Waals surface area contributed by atoms with E-state index in [4.69, 9.17) is 5.73 Å². The largest absolute Gasteiger partial charge is 0.399 e. The van der Waals surface area contributed by atoms with Crippen LogP contribution in [0, 0.1) is 0 Å². The predicted octanol–water partition coefficient (Wildman–Crippen LogP) is 1.03. The third kappa shape index (κ3) is 2.71. The number of aryl methyl sites for hydroxylation is 1. The summed E-state index contributed by atoms with van der Waals surface area (Å²) >= 11 is 1.54. The normalized spacial score (nSPS) is 10.6. The van der Waals surface area contributed by atoms with Crippen molar-refractivity contribution in [2.24, 2.45) is 7.05 Å². The maximum Gasteiger partial charge on any atom is 0.343 e. The van der Waals surface area contributed by atoms with E-state index in [2.05, 4.69) is 10.2 Å². The lowest BCUT2D eigenvalue weighted by Crippen LogP contribution is -2.13. The molecule has 0 atom stereocenters. The number of nitrogens with one attached hydrogen (secondary N) is 1. The molecule has 0 saturated carbocycles. The molecule has 90 valence electrons. The number of para-hydroxylation sites is 1. The van der Waals surface area contributed by atoms with Gasteiger partial charge in [0.15, 0.2) is 5.16 Å². The van der Waals surface area contributed by atoms with Gasteiger partial charge < -0.3 is 5.73 Å². The van der Waals surface area contributed by atoms with E-state index in [-0.39, 0.29) is 5.69 Å². The van der Waals surface area contributed by atoms with Crippen molar-refractivity contribution in [1.82, 2.24) is 14.8 Å². The Hall–Kier alpha value is -1.69. The summed E-state index contributed by atoms with van der Waals surface area (Å²) in [4.78, 5) is 11.1. The number of nitrogens with two attached hydrogens (primary N) is 1. The standard InChI is InChI=1S/C11H14N4OS/c1-15-10(16)13-14-11(15)17-7-6-8-4-2-3-5-9(8)12/h2-5H,6-7,12H2,1H3,(H,13,16). The molecule has 0 unspecified atom stereocenters. The van der Waals surface area contributed by atoms with Crippen molar-refractivity contribution in [2.75, 3.05) is 11.5 Å². The van der Waals surface area contributed by atoms with Crippen LogP contribution in [0.2, 0.25) is 0 Å². The van der Waals surface area contributed by atoms with Gasteiger partial charge in [0, 0.05) is 18.5 Å². The fourth-order valence-corrected chi connectivity index (χ4v) is 2.37. The van der Waals surface area contributed by atoms with E-state index in [9.17, 15) is 4.79 Å². The number of nitrogen functional groups attached to an aromatic ring is 1. The third-order valence-corrected chi connectivity index (χ3v) is 3.53. The Morgan fingerprint density at radius 1 is 1.47 bits per heavy atom. The molecule has 2 rings (SSSR count). The van der Waals surface area contributed by atoms with Crippen LogP contribution in [0.4, 0.5) is 5.69 Å². The maximum atomic E-state index is 11.1. The summed E-state index contributed by atoms with van der Waals surface area (Å²) in [5, 5.41) is 7.03. The van der Waals surface area contributed by atoms with Gasteiger partial charge in [0.1, 0.15) is 0 Å². The minimum Gasteiger partial charge on any atom is -0.399 e. The molecule has 1 aromatic carbocycles. The van der Waals surface area contributed by atoms with Crippen LogP contribution >= 0.6 is 11.8 Å². The van der Waals surface area contributed by atoms with Gasteiger partial charge >= 0.3 is 5.69 Å². The average molecular weight is 250 g/mol. The smallest absolute Gasteiger partial charge is 0.343 e. The van der Waals surface area contributed by atoms with Crippen LogP contribution in [0.5, 0.6) is 0 Å². The quantitative estimate of drug-likeness (QED) is 0.627.